The highest BCUT2D eigenvalue weighted by Gasteiger charge is 2.48. The van der Waals surface area contributed by atoms with E-state index in [2.05, 4.69) is 54.5 Å². The Bertz CT molecular complexity index is 1210. The third-order valence-corrected chi connectivity index (χ3v) is 14.1. The summed E-state index contributed by atoms with van der Waals surface area (Å²) >= 11 is 9.67. The molecule has 6 nitrogen and oxygen atoms in total. The summed E-state index contributed by atoms with van der Waals surface area (Å²) in [5.41, 5.74) is 0.459. The first kappa shape index (κ1) is 29.2. The van der Waals surface area contributed by atoms with Gasteiger partial charge in [-0.1, -0.05) is 72.6 Å². The Balaban J connectivity index is 1.91. The van der Waals surface area contributed by atoms with Gasteiger partial charge in [0.25, 0.3) is 6.02 Å². The molecule has 0 spiro atoms. The van der Waals surface area contributed by atoms with Crippen molar-refractivity contribution in [1.29, 1.82) is 0 Å². The van der Waals surface area contributed by atoms with Gasteiger partial charge in [0.2, 0.25) is 10.0 Å². The van der Waals surface area contributed by atoms with Crippen LogP contribution in [0.25, 0.3) is 0 Å². The lowest BCUT2D eigenvalue weighted by molar-refractivity contribution is 0.0759. The first-order valence-corrected chi connectivity index (χ1v) is 17.6. The average Bonchev–Trinajstić information content (AvgIpc) is 2.72. The van der Waals surface area contributed by atoms with Gasteiger partial charge in [-0.25, -0.2) is 18.1 Å². The van der Waals surface area contributed by atoms with Gasteiger partial charge in [0.05, 0.1) is 6.04 Å². The normalized spacial score (nSPS) is 21.5. The van der Waals surface area contributed by atoms with E-state index in [-0.39, 0.29) is 11.1 Å². The first-order chi connectivity index (χ1) is 16.5. The fourth-order valence-corrected chi connectivity index (χ4v) is 7.24. The molecule has 10 heteroatoms. The molecule has 1 aliphatic heterocycles. The second-order valence-corrected chi connectivity index (χ2v) is 19.1. The standard InChI is InChI=1S/C26H36BrClN2O4SSi/c1-25(2,3)36(6,7)33-16-15-22(19-9-8-10-21(28)17-19)29-24-30-35(31,32)23(26(4,5)34-24)18-11-13-20(27)14-12-18/h8-14,17,22-23H,15-16H2,1-7H3,(H,29,30). The zero-order valence-corrected chi connectivity index (χ0v) is 26.1. The fourth-order valence-electron chi connectivity index (χ4n) is 3.95. The van der Waals surface area contributed by atoms with Crippen LogP contribution in [0.15, 0.2) is 58.0 Å². The minimum Gasteiger partial charge on any atom is -0.457 e. The largest absolute Gasteiger partial charge is 0.457 e. The lowest BCUT2D eigenvalue weighted by Gasteiger charge is -2.39. The predicted octanol–water partition coefficient (Wildman–Crippen LogP) is 7.38. The zero-order chi connectivity index (χ0) is 26.9. The van der Waals surface area contributed by atoms with Crippen LogP contribution >= 0.6 is 27.5 Å². The number of aliphatic imine (C=N–C) groups is 1. The third kappa shape index (κ3) is 6.92. The van der Waals surface area contributed by atoms with E-state index in [9.17, 15) is 8.42 Å². The Morgan fingerprint density at radius 2 is 1.83 bits per heavy atom. The fraction of sp³-hybridized carbons (Fsp3) is 0.500. The third-order valence-electron chi connectivity index (χ3n) is 6.87. The number of nitrogens with zero attached hydrogens (tertiary/aromatic N) is 1. The number of sulfonamides is 1. The van der Waals surface area contributed by atoms with Gasteiger partial charge in [0.15, 0.2) is 8.32 Å². The van der Waals surface area contributed by atoms with Crippen LogP contribution in [0.5, 0.6) is 0 Å². The quantitative estimate of drug-likeness (QED) is 0.330. The molecule has 0 saturated carbocycles. The molecule has 198 valence electrons. The van der Waals surface area contributed by atoms with Gasteiger partial charge in [-0.15, -0.1) is 0 Å². The number of ether oxygens (including phenoxy) is 1. The van der Waals surface area contributed by atoms with Gasteiger partial charge < -0.3 is 9.16 Å². The van der Waals surface area contributed by atoms with Crippen LogP contribution < -0.4 is 4.72 Å². The summed E-state index contributed by atoms with van der Waals surface area (Å²) in [5, 5.41) is -0.231. The molecule has 3 rings (SSSR count). The molecule has 1 aliphatic rings. The van der Waals surface area contributed by atoms with E-state index in [0.717, 1.165) is 10.0 Å². The summed E-state index contributed by atoms with van der Waals surface area (Å²) in [5.74, 6) is 0. The summed E-state index contributed by atoms with van der Waals surface area (Å²) in [4.78, 5) is 4.74. The number of amidine groups is 1. The minimum atomic E-state index is -3.82. The molecule has 1 heterocycles. The molecule has 36 heavy (non-hydrogen) atoms. The van der Waals surface area contributed by atoms with Gasteiger partial charge in [-0.2, -0.15) is 0 Å². The van der Waals surface area contributed by atoms with E-state index < -0.39 is 35.2 Å². The van der Waals surface area contributed by atoms with Crippen LogP contribution in [0.3, 0.4) is 0 Å². The monoisotopic (exact) mass is 614 g/mol. The second-order valence-electron chi connectivity index (χ2n) is 11.2. The van der Waals surface area contributed by atoms with E-state index in [0.29, 0.717) is 23.6 Å². The molecule has 1 saturated heterocycles. The number of halogens is 2. The Labute approximate surface area is 230 Å². The molecule has 2 aromatic carbocycles. The molecular formula is C26H36BrClN2O4SSi. The second kappa shape index (κ2) is 10.8. The Hall–Kier alpha value is -1.39. The Morgan fingerprint density at radius 1 is 1.19 bits per heavy atom. The maximum atomic E-state index is 13.4. The van der Waals surface area contributed by atoms with Crippen LogP contribution in [0.2, 0.25) is 23.2 Å². The lowest BCUT2D eigenvalue weighted by Crippen LogP contribution is -2.53. The van der Waals surface area contributed by atoms with E-state index in [4.69, 9.17) is 25.8 Å². The van der Waals surface area contributed by atoms with Crippen molar-refractivity contribution in [3.05, 3.63) is 69.2 Å². The van der Waals surface area contributed by atoms with Gasteiger partial charge >= 0.3 is 0 Å². The van der Waals surface area contributed by atoms with Crippen LogP contribution in [0.4, 0.5) is 0 Å². The lowest BCUT2D eigenvalue weighted by atomic mass is 9.97. The SMILES string of the molecule is CC1(C)OC(=NC(CCO[Si](C)(C)C(C)(C)C)c2cccc(Cl)c2)NS(=O)(=O)C1c1ccc(Br)cc1. The van der Waals surface area contributed by atoms with E-state index in [1.807, 2.05) is 30.3 Å². The van der Waals surface area contributed by atoms with Crippen molar-refractivity contribution in [2.24, 2.45) is 4.99 Å². The van der Waals surface area contributed by atoms with Crippen LogP contribution in [-0.4, -0.2) is 35.0 Å². The molecule has 0 amide bonds. The van der Waals surface area contributed by atoms with Gasteiger partial charge in [0.1, 0.15) is 10.9 Å². The molecule has 2 aromatic rings. The maximum Gasteiger partial charge on any atom is 0.299 e. The molecule has 1 fully saturated rings. The van der Waals surface area contributed by atoms with Crippen molar-refractivity contribution >= 4 is 51.9 Å². The van der Waals surface area contributed by atoms with Gasteiger partial charge in [-0.05, 0) is 73.8 Å². The van der Waals surface area contributed by atoms with Crippen molar-refractivity contribution in [3.8, 4) is 0 Å². The molecule has 0 aromatic heterocycles. The molecule has 2 atom stereocenters. The number of hydrogen-bond donors (Lipinski definition) is 1. The highest BCUT2D eigenvalue weighted by molar-refractivity contribution is 9.10. The molecule has 2 unspecified atom stereocenters. The molecular weight excluding hydrogens is 580 g/mol. The molecule has 0 aliphatic carbocycles. The zero-order valence-electron chi connectivity index (χ0n) is 21.9. The van der Waals surface area contributed by atoms with Crippen molar-refractivity contribution in [2.75, 3.05) is 6.61 Å². The van der Waals surface area contributed by atoms with E-state index in [1.165, 1.54) is 0 Å². The van der Waals surface area contributed by atoms with Crippen LogP contribution in [0.1, 0.15) is 63.5 Å². The summed E-state index contributed by atoms with van der Waals surface area (Å²) in [6, 6.07) is 14.2. The Morgan fingerprint density at radius 3 is 2.39 bits per heavy atom. The van der Waals surface area contributed by atoms with Gasteiger partial charge in [-0.3, -0.25) is 0 Å². The summed E-state index contributed by atoms with van der Waals surface area (Å²) in [6.07, 6.45) is 0.554. The highest BCUT2D eigenvalue weighted by Crippen LogP contribution is 2.40. The van der Waals surface area contributed by atoms with Crippen molar-refractivity contribution < 1.29 is 17.6 Å². The van der Waals surface area contributed by atoms with E-state index in [1.54, 1.807) is 32.0 Å². The first-order valence-electron chi connectivity index (χ1n) is 12.0. The number of benzene rings is 2. The topological polar surface area (TPSA) is 77.0 Å². The summed E-state index contributed by atoms with van der Waals surface area (Å²) in [6.45, 7) is 15.0. The van der Waals surface area contributed by atoms with Crippen LogP contribution in [0, 0.1) is 0 Å². The Kier molecular flexibility index (Phi) is 8.72. The highest BCUT2D eigenvalue weighted by atomic mass is 79.9. The number of nitrogens with one attached hydrogen (secondary N) is 1. The smallest absolute Gasteiger partial charge is 0.299 e. The van der Waals surface area contributed by atoms with Gasteiger partial charge in [0, 0.05) is 16.1 Å². The van der Waals surface area contributed by atoms with Crippen molar-refractivity contribution in [3.63, 3.8) is 0 Å². The molecule has 1 N–H and O–H groups in total. The van der Waals surface area contributed by atoms with E-state index >= 15 is 0 Å². The summed E-state index contributed by atoms with van der Waals surface area (Å²) < 4.78 is 42.8. The maximum absolute atomic E-state index is 13.4. The molecule has 0 radical (unpaired) electrons. The van der Waals surface area contributed by atoms with Crippen molar-refractivity contribution in [1.82, 2.24) is 4.72 Å². The van der Waals surface area contributed by atoms with Crippen molar-refractivity contribution in [2.45, 2.75) is 76.1 Å². The summed E-state index contributed by atoms with van der Waals surface area (Å²) in [7, 11) is -5.77. The molecule has 0 bridgehead atoms. The average molecular weight is 616 g/mol. The number of hydrogen-bond acceptors (Lipinski definition) is 5. The minimum absolute atomic E-state index is 0.0225. The predicted molar refractivity (Wildman–Crippen MR) is 153 cm³/mol. The number of rotatable bonds is 7. The van der Waals surface area contributed by atoms with Crippen LogP contribution in [-0.2, 0) is 19.2 Å².